The highest BCUT2D eigenvalue weighted by atomic mass is 32.2. The number of benzene rings is 2. The van der Waals surface area contributed by atoms with Crippen LogP contribution in [-0.2, 0) is 31.4 Å². The topological polar surface area (TPSA) is 113 Å². The lowest BCUT2D eigenvalue weighted by Crippen LogP contribution is -2.38. The summed E-state index contributed by atoms with van der Waals surface area (Å²) >= 11 is 0. The van der Waals surface area contributed by atoms with Crippen LogP contribution in [0.3, 0.4) is 0 Å². The van der Waals surface area contributed by atoms with Crippen molar-refractivity contribution in [3.8, 4) is 5.75 Å². The van der Waals surface area contributed by atoms with Crippen molar-refractivity contribution in [3.63, 3.8) is 0 Å². The van der Waals surface area contributed by atoms with E-state index in [1.807, 2.05) is 0 Å². The van der Waals surface area contributed by atoms with Gasteiger partial charge in [-0.2, -0.15) is 8.61 Å². The van der Waals surface area contributed by atoms with E-state index < -0.39 is 26.0 Å². The van der Waals surface area contributed by atoms with Crippen molar-refractivity contribution in [3.05, 3.63) is 53.6 Å². The maximum atomic E-state index is 12.8. The van der Waals surface area contributed by atoms with E-state index in [1.54, 1.807) is 25.1 Å². The smallest absolute Gasteiger partial charge is 0.243 e. The highest BCUT2D eigenvalue weighted by molar-refractivity contribution is 7.89. The molecule has 0 aliphatic carbocycles. The largest absolute Gasteiger partial charge is 0.496 e. The second kappa shape index (κ2) is 10.9. The fourth-order valence-corrected chi connectivity index (χ4v) is 6.50. The summed E-state index contributed by atoms with van der Waals surface area (Å²) < 4.78 is 58.7. The molecule has 9 nitrogen and oxygen atoms in total. The average Bonchev–Trinajstić information content (AvgIpc) is 2.83. The minimum absolute atomic E-state index is 0.0756. The van der Waals surface area contributed by atoms with Gasteiger partial charge in [0.1, 0.15) is 5.75 Å². The van der Waals surface area contributed by atoms with Crippen molar-refractivity contribution < 1.29 is 26.4 Å². The van der Waals surface area contributed by atoms with Crippen molar-refractivity contribution in [2.45, 2.75) is 42.5 Å². The van der Waals surface area contributed by atoms with Gasteiger partial charge in [0.25, 0.3) is 0 Å². The summed E-state index contributed by atoms with van der Waals surface area (Å²) in [7, 11) is -4.51. The van der Waals surface area contributed by atoms with Gasteiger partial charge in [0.05, 0.1) is 23.4 Å². The van der Waals surface area contributed by atoms with E-state index in [-0.39, 0.29) is 22.9 Å². The summed E-state index contributed by atoms with van der Waals surface area (Å²) in [4.78, 5) is 12.7. The number of nitrogens with one attached hydrogen (secondary N) is 1. The van der Waals surface area contributed by atoms with E-state index in [0.717, 1.165) is 23.6 Å². The summed E-state index contributed by atoms with van der Waals surface area (Å²) in [6.45, 7) is 2.61. The molecule has 11 heteroatoms. The average molecular weight is 510 g/mol. The molecule has 2 aromatic rings. The van der Waals surface area contributed by atoms with Crippen molar-refractivity contribution in [2.75, 3.05) is 33.8 Å². The van der Waals surface area contributed by atoms with Crippen LogP contribution >= 0.6 is 0 Å². The van der Waals surface area contributed by atoms with E-state index in [0.29, 0.717) is 30.0 Å². The number of aryl methyl sites for hydroxylation is 1. The van der Waals surface area contributed by atoms with Crippen LogP contribution in [0.15, 0.2) is 52.3 Å². The molecule has 0 spiro atoms. The first kappa shape index (κ1) is 26.1. The number of methoxy groups -OCH3 is 1. The van der Waals surface area contributed by atoms with Crippen LogP contribution < -0.4 is 10.1 Å². The standard InChI is InChI=1S/C23H31N3O6S2/c1-18-15-21(11-12-22(18)32-3)33(28,29)25(2)17-23(27)24-16-19-7-9-20(10-8-19)34(30,31)26-13-5-4-6-14-26/h7-12,15H,4-6,13-14,16-17H2,1-3H3,(H,24,27). The molecule has 34 heavy (non-hydrogen) atoms. The number of likely N-dealkylation sites (N-methyl/N-ethyl adjacent to an activating group) is 1. The van der Waals surface area contributed by atoms with Gasteiger partial charge in [-0.15, -0.1) is 0 Å². The van der Waals surface area contributed by atoms with Gasteiger partial charge in [0.15, 0.2) is 0 Å². The molecular weight excluding hydrogens is 478 g/mol. The lowest BCUT2D eigenvalue weighted by Gasteiger charge is -2.25. The molecule has 186 valence electrons. The zero-order valence-corrected chi connectivity index (χ0v) is 21.3. The predicted octanol–water partition coefficient (Wildman–Crippen LogP) is 2.12. The third kappa shape index (κ3) is 5.96. The van der Waals surface area contributed by atoms with E-state index in [1.165, 1.54) is 42.7 Å². The number of piperidine rings is 1. The first-order valence-corrected chi connectivity index (χ1v) is 13.9. The van der Waals surface area contributed by atoms with E-state index in [4.69, 9.17) is 4.74 Å². The number of carbonyl (C=O) groups is 1. The van der Waals surface area contributed by atoms with Crippen molar-refractivity contribution in [1.82, 2.24) is 13.9 Å². The molecule has 0 radical (unpaired) electrons. The Hall–Kier alpha value is -2.47. The third-order valence-electron chi connectivity index (χ3n) is 5.81. The Balaban J connectivity index is 1.57. The van der Waals surface area contributed by atoms with Crippen LogP contribution in [0.1, 0.15) is 30.4 Å². The summed E-state index contributed by atoms with van der Waals surface area (Å²) in [5, 5.41) is 2.68. The number of hydrogen-bond acceptors (Lipinski definition) is 6. The molecule has 0 saturated carbocycles. The Kier molecular flexibility index (Phi) is 8.34. The second-order valence-electron chi connectivity index (χ2n) is 8.28. The number of nitrogens with zero attached hydrogens (tertiary/aromatic N) is 2. The van der Waals surface area contributed by atoms with Gasteiger partial charge in [0, 0.05) is 26.7 Å². The van der Waals surface area contributed by atoms with Gasteiger partial charge in [-0.25, -0.2) is 16.8 Å². The first-order chi connectivity index (χ1) is 16.1. The molecule has 1 aliphatic heterocycles. The van der Waals surface area contributed by atoms with Crippen LogP contribution in [0.4, 0.5) is 0 Å². The minimum Gasteiger partial charge on any atom is -0.496 e. The quantitative estimate of drug-likeness (QED) is 0.554. The minimum atomic E-state index is -3.85. The van der Waals surface area contributed by atoms with Crippen molar-refractivity contribution in [1.29, 1.82) is 0 Å². The zero-order valence-electron chi connectivity index (χ0n) is 19.7. The lowest BCUT2D eigenvalue weighted by molar-refractivity contribution is -0.121. The number of hydrogen-bond donors (Lipinski definition) is 1. The van der Waals surface area contributed by atoms with Crippen LogP contribution in [-0.4, -0.2) is 65.1 Å². The summed E-state index contributed by atoms with van der Waals surface area (Å²) in [6.07, 6.45) is 2.78. The maximum absolute atomic E-state index is 12.8. The van der Waals surface area contributed by atoms with Gasteiger partial charge in [-0.05, 0) is 61.2 Å². The Morgan fingerprint density at radius 2 is 1.62 bits per heavy atom. The summed E-state index contributed by atoms with van der Waals surface area (Å²) in [6, 6.07) is 10.9. The molecule has 0 aromatic heterocycles. The maximum Gasteiger partial charge on any atom is 0.243 e. The zero-order chi connectivity index (χ0) is 24.9. The van der Waals surface area contributed by atoms with E-state index in [9.17, 15) is 21.6 Å². The normalized spacial score (nSPS) is 15.3. The molecule has 3 rings (SSSR count). The van der Waals surface area contributed by atoms with Crippen LogP contribution in [0.5, 0.6) is 5.75 Å². The van der Waals surface area contributed by atoms with Gasteiger partial charge >= 0.3 is 0 Å². The van der Waals surface area contributed by atoms with Gasteiger partial charge in [-0.1, -0.05) is 18.6 Å². The molecule has 1 amide bonds. The SMILES string of the molecule is COc1ccc(S(=O)(=O)N(C)CC(=O)NCc2ccc(S(=O)(=O)N3CCCCC3)cc2)cc1C. The lowest BCUT2D eigenvalue weighted by atomic mass is 10.2. The molecule has 2 aromatic carbocycles. The molecule has 0 unspecified atom stereocenters. The third-order valence-corrected chi connectivity index (χ3v) is 9.52. The Morgan fingerprint density at radius 1 is 1.00 bits per heavy atom. The fourth-order valence-electron chi connectivity index (χ4n) is 3.77. The molecular formula is C23H31N3O6S2. The molecule has 1 heterocycles. The fraction of sp³-hybridized carbons (Fsp3) is 0.435. The second-order valence-corrected chi connectivity index (χ2v) is 12.3. The van der Waals surface area contributed by atoms with Crippen molar-refractivity contribution >= 4 is 26.0 Å². The number of ether oxygens (including phenoxy) is 1. The highest BCUT2D eigenvalue weighted by Crippen LogP contribution is 2.23. The Bertz CT molecular complexity index is 1220. The molecule has 0 bridgehead atoms. The van der Waals surface area contributed by atoms with E-state index in [2.05, 4.69) is 5.32 Å². The molecule has 1 fully saturated rings. The number of rotatable bonds is 9. The van der Waals surface area contributed by atoms with Crippen LogP contribution in [0.25, 0.3) is 0 Å². The van der Waals surface area contributed by atoms with Crippen LogP contribution in [0.2, 0.25) is 0 Å². The Labute approximate surface area is 201 Å². The molecule has 1 N–H and O–H groups in total. The van der Waals surface area contributed by atoms with Crippen LogP contribution in [0, 0.1) is 6.92 Å². The Morgan fingerprint density at radius 3 is 2.21 bits per heavy atom. The van der Waals surface area contributed by atoms with Gasteiger partial charge < -0.3 is 10.1 Å². The highest BCUT2D eigenvalue weighted by Gasteiger charge is 2.26. The van der Waals surface area contributed by atoms with Gasteiger partial charge in [-0.3, -0.25) is 4.79 Å². The summed E-state index contributed by atoms with van der Waals surface area (Å²) in [5.41, 5.74) is 1.38. The molecule has 1 aliphatic rings. The number of carbonyl (C=O) groups excluding carboxylic acids is 1. The molecule has 1 saturated heterocycles. The summed E-state index contributed by atoms with van der Waals surface area (Å²) in [5.74, 6) is 0.107. The number of amides is 1. The van der Waals surface area contributed by atoms with Crippen molar-refractivity contribution in [2.24, 2.45) is 0 Å². The first-order valence-electron chi connectivity index (χ1n) is 11.0. The van der Waals surface area contributed by atoms with Gasteiger partial charge in [0.2, 0.25) is 26.0 Å². The molecule has 0 atom stereocenters. The number of sulfonamides is 2. The predicted molar refractivity (Wildman–Crippen MR) is 128 cm³/mol. The monoisotopic (exact) mass is 509 g/mol. The van der Waals surface area contributed by atoms with E-state index >= 15 is 0 Å².